The molecule has 0 aliphatic carbocycles. The summed E-state index contributed by atoms with van der Waals surface area (Å²) in [6.07, 6.45) is 0. The predicted octanol–water partition coefficient (Wildman–Crippen LogP) is 1.90. The van der Waals surface area contributed by atoms with E-state index in [0.29, 0.717) is 6.54 Å². The number of thiophene rings is 1. The van der Waals surface area contributed by atoms with Crippen molar-refractivity contribution in [3.8, 4) is 0 Å². The maximum Gasteiger partial charge on any atom is 0.261 e. The molecule has 1 aliphatic rings. The Kier molecular flexibility index (Phi) is 8.69. The van der Waals surface area contributed by atoms with Gasteiger partial charge in [0.1, 0.15) is 4.83 Å². The summed E-state index contributed by atoms with van der Waals surface area (Å²) < 4.78 is 1.08. The van der Waals surface area contributed by atoms with Gasteiger partial charge in [0.05, 0.1) is 9.58 Å². The van der Waals surface area contributed by atoms with E-state index in [1.54, 1.807) is 11.3 Å². The maximum atomic E-state index is 12.2. The Morgan fingerprint density at radius 1 is 1.33 bits per heavy atom. The molecule has 0 unspecified atom stereocenters. The van der Waals surface area contributed by atoms with Crippen LogP contribution in [-0.2, 0) is 0 Å². The molecule has 24 heavy (non-hydrogen) atoms. The highest BCUT2D eigenvalue weighted by molar-refractivity contribution is 7.29. The van der Waals surface area contributed by atoms with Crippen molar-refractivity contribution in [3.05, 3.63) is 10.9 Å². The number of halogens is 2. The molecule has 0 saturated carbocycles. The molecule has 1 saturated heterocycles. The van der Waals surface area contributed by atoms with Crippen LogP contribution in [0.15, 0.2) is 6.07 Å². The number of fused-ring (bicyclic) bond motifs is 1. The second-order valence-corrected chi connectivity index (χ2v) is 7.56. The average molecular weight is 412 g/mol. The standard InChI is InChI=1S/C14H21N5OS2.2ClH/c1-18(2)14-17-13-11(22-14)9-10(21-13)12(20)16-5-8-19-6-3-15-4-7-19;;/h9,15H,3-8H2,1-2H3,(H,16,20);2*1H. The minimum Gasteiger partial charge on any atom is -0.354 e. The van der Waals surface area contributed by atoms with Crippen molar-refractivity contribution < 1.29 is 4.79 Å². The Morgan fingerprint density at radius 3 is 2.67 bits per heavy atom. The molecule has 2 aromatic rings. The van der Waals surface area contributed by atoms with Gasteiger partial charge in [-0.25, -0.2) is 4.98 Å². The van der Waals surface area contributed by atoms with E-state index in [1.807, 2.05) is 25.1 Å². The topological polar surface area (TPSA) is 60.5 Å². The number of hydrogen-bond acceptors (Lipinski definition) is 7. The number of nitrogens with zero attached hydrogens (tertiary/aromatic N) is 3. The third-order valence-corrected chi connectivity index (χ3v) is 5.93. The van der Waals surface area contributed by atoms with Crippen LogP contribution in [0.5, 0.6) is 0 Å². The lowest BCUT2D eigenvalue weighted by Crippen LogP contribution is -2.46. The van der Waals surface area contributed by atoms with Gasteiger partial charge in [-0.1, -0.05) is 11.3 Å². The van der Waals surface area contributed by atoms with Gasteiger partial charge in [-0.15, -0.1) is 36.2 Å². The highest BCUT2D eigenvalue weighted by Gasteiger charge is 2.15. The smallest absolute Gasteiger partial charge is 0.261 e. The molecular weight excluding hydrogens is 389 g/mol. The first-order valence-corrected chi connectivity index (χ1v) is 9.06. The highest BCUT2D eigenvalue weighted by atomic mass is 35.5. The van der Waals surface area contributed by atoms with Crippen LogP contribution in [0.4, 0.5) is 5.13 Å². The van der Waals surface area contributed by atoms with Crippen molar-refractivity contribution >= 4 is 68.1 Å². The average Bonchev–Trinajstić information content (AvgIpc) is 3.06. The van der Waals surface area contributed by atoms with Crippen LogP contribution in [0.1, 0.15) is 9.67 Å². The van der Waals surface area contributed by atoms with Gasteiger partial charge in [0.25, 0.3) is 5.91 Å². The molecule has 6 nitrogen and oxygen atoms in total. The zero-order valence-corrected chi connectivity index (χ0v) is 17.0. The number of rotatable bonds is 5. The fourth-order valence-electron chi connectivity index (χ4n) is 2.38. The number of thiazole rings is 1. The zero-order chi connectivity index (χ0) is 15.5. The molecule has 0 spiro atoms. The van der Waals surface area contributed by atoms with Crippen molar-refractivity contribution in [1.82, 2.24) is 20.5 Å². The van der Waals surface area contributed by atoms with Crippen LogP contribution in [0.25, 0.3) is 9.53 Å². The van der Waals surface area contributed by atoms with E-state index in [1.165, 1.54) is 11.3 Å². The van der Waals surface area contributed by atoms with Gasteiger partial charge in [0, 0.05) is 53.4 Å². The number of aromatic nitrogens is 1. The molecule has 1 amide bonds. The molecule has 2 aromatic heterocycles. The van der Waals surface area contributed by atoms with Gasteiger partial charge in [0.2, 0.25) is 0 Å². The first-order chi connectivity index (χ1) is 10.6. The summed E-state index contributed by atoms with van der Waals surface area (Å²) in [6.45, 7) is 5.80. The molecule has 0 bridgehead atoms. The largest absolute Gasteiger partial charge is 0.354 e. The van der Waals surface area contributed by atoms with Gasteiger partial charge in [-0.05, 0) is 6.07 Å². The Balaban J connectivity index is 0.00000144. The first kappa shape index (κ1) is 21.4. The first-order valence-electron chi connectivity index (χ1n) is 7.42. The quantitative estimate of drug-likeness (QED) is 0.786. The molecule has 1 aliphatic heterocycles. The summed E-state index contributed by atoms with van der Waals surface area (Å²) in [7, 11) is 3.96. The summed E-state index contributed by atoms with van der Waals surface area (Å²) >= 11 is 3.09. The van der Waals surface area contributed by atoms with Crippen LogP contribution in [0.3, 0.4) is 0 Å². The van der Waals surface area contributed by atoms with E-state index in [9.17, 15) is 4.79 Å². The minimum atomic E-state index is 0. The summed E-state index contributed by atoms with van der Waals surface area (Å²) in [5, 5.41) is 7.32. The fourth-order valence-corrected chi connectivity index (χ4v) is 4.43. The third kappa shape index (κ3) is 5.18. The predicted molar refractivity (Wildman–Crippen MR) is 108 cm³/mol. The number of carbonyl (C=O) groups is 1. The van der Waals surface area contributed by atoms with E-state index in [0.717, 1.165) is 52.3 Å². The maximum absolute atomic E-state index is 12.2. The molecular formula is C14H23Cl2N5OS2. The lowest BCUT2D eigenvalue weighted by Gasteiger charge is -2.26. The molecule has 10 heteroatoms. The van der Waals surface area contributed by atoms with Gasteiger partial charge in [-0.3, -0.25) is 9.69 Å². The number of carbonyl (C=O) groups excluding carboxylic acids is 1. The highest BCUT2D eigenvalue weighted by Crippen LogP contribution is 2.33. The number of piperazine rings is 1. The van der Waals surface area contributed by atoms with Crippen molar-refractivity contribution in [2.45, 2.75) is 0 Å². The molecule has 136 valence electrons. The van der Waals surface area contributed by atoms with E-state index >= 15 is 0 Å². The second-order valence-electron chi connectivity index (χ2n) is 5.52. The van der Waals surface area contributed by atoms with Crippen molar-refractivity contribution in [1.29, 1.82) is 0 Å². The lowest BCUT2D eigenvalue weighted by molar-refractivity contribution is 0.0951. The van der Waals surface area contributed by atoms with Crippen molar-refractivity contribution in [2.75, 3.05) is 58.3 Å². The molecule has 1 fully saturated rings. The summed E-state index contributed by atoms with van der Waals surface area (Å²) in [5.41, 5.74) is 0. The molecule has 0 radical (unpaired) electrons. The van der Waals surface area contributed by atoms with Gasteiger partial charge < -0.3 is 15.5 Å². The summed E-state index contributed by atoms with van der Waals surface area (Å²) in [5.74, 6) is 0.0109. The normalized spacial score (nSPS) is 14.8. The summed E-state index contributed by atoms with van der Waals surface area (Å²) in [6, 6.07) is 1.95. The number of anilines is 1. The minimum absolute atomic E-state index is 0. The van der Waals surface area contributed by atoms with Crippen LogP contribution in [0.2, 0.25) is 0 Å². The fraction of sp³-hybridized carbons (Fsp3) is 0.571. The van der Waals surface area contributed by atoms with E-state index in [-0.39, 0.29) is 30.7 Å². The summed E-state index contributed by atoms with van der Waals surface area (Å²) in [4.78, 5) is 22.8. The van der Waals surface area contributed by atoms with Crippen LogP contribution >= 0.6 is 47.5 Å². The molecule has 0 aromatic carbocycles. The monoisotopic (exact) mass is 411 g/mol. The number of nitrogens with one attached hydrogen (secondary N) is 2. The molecule has 3 heterocycles. The van der Waals surface area contributed by atoms with Gasteiger partial charge in [-0.2, -0.15) is 0 Å². The van der Waals surface area contributed by atoms with Gasteiger partial charge >= 0.3 is 0 Å². The van der Waals surface area contributed by atoms with Crippen LogP contribution < -0.4 is 15.5 Å². The zero-order valence-electron chi connectivity index (χ0n) is 13.7. The van der Waals surface area contributed by atoms with E-state index in [4.69, 9.17) is 0 Å². The number of amides is 1. The van der Waals surface area contributed by atoms with E-state index < -0.39 is 0 Å². The molecule has 3 rings (SSSR count). The van der Waals surface area contributed by atoms with Crippen LogP contribution in [0, 0.1) is 0 Å². The third-order valence-electron chi connectivity index (χ3n) is 3.61. The Morgan fingerprint density at radius 2 is 2.04 bits per heavy atom. The Hall–Kier alpha value is -0.640. The van der Waals surface area contributed by atoms with E-state index in [2.05, 4.69) is 20.5 Å². The number of hydrogen-bond donors (Lipinski definition) is 2. The van der Waals surface area contributed by atoms with Crippen molar-refractivity contribution in [2.24, 2.45) is 0 Å². The van der Waals surface area contributed by atoms with Crippen molar-refractivity contribution in [3.63, 3.8) is 0 Å². The molecule has 2 N–H and O–H groups in total. The molecule has 0 atom stereocenters. The Bertz CT molecular complexity index is 623. The Labute approximate surface area is 162 Å². The van der Waals surface area contributed by atoms with Gasteiger partial charge in [0.15, 0.2) is 5.13 Å². The second kappa shape index (κ2) is 9.74. The lowest BCUT2D eigenvalue weighted by atomic mass is 10.3. The van der Waals surface area contributed by atoms with Crippen LogP contribution in [-0.4, -0.2) is 69.2 Å². The SMILES string of the molecule is CN(C)c1nc2sc(C(=O)NCCN3CCNCC3)cc2s1.Cl.Cl.